The molecule has 0 bridgehead atoms. The van der Waals surface area contributed by atoms with Gasteiger partial charge < -0.3 is 10.1 Å². The Hall–Kier alpha value is -4.28. The highest BCUT2D eigenvalue weighted by molar-refractivity contribution is 7.89. The van der Waals surface area contributed by atoms with Crippen LogP contribution in [-0.2, 0) is 19.6 Å². The van der Waals surface area contributed by atoms with Crippen LogP contribution in [0.25, 0.3) is 16.9 Å². The average molecular weight is 505 g/mol. The summed E-state index contributed by atoms with van der Waals surface area (Å²) in [5.74, 6) is -0.986. The summed E-state index contributed by atoms with van der Waals surface area (Å²) in [4.78, 5) is 25.1. The van der Waals surface area contributed by atoms with E-state index in [0.717, 1.165) is 15.6 Å². The molecule has 1 heterocycles. The van der Waals surface area contributed by atoms with E-state index in [1.807, 2.05) is 60.7 Å². The number of ether oxygens (including phenoxy) is 1. The summed E-state index contributed by atoms with van der Waals surface area (Å²) in [6.45, 7) is -0.565. The molecule has 4 aromatic rings. The Morgan fingerprint density at radius 1 is 0.917 bits per heavy atom. The SMILES string of the molecule is CN(C)S(=O)(=O)c1cccc(C(=O)OCC(=O)Nc2cc(-c3ccccc3)nn2-c2ccccc2)c1. The number of carbonyl (C=O) groups is 2. The summed E-state index contributed by atoms with van der Waals surface area (Å²) in [7, 11) is -0.926. The monoisotopic (exact) mass is 504 g/mol. The summed E-state index contributed by atoms with van der Waals surface area (Å²) in [6.07, 6.45) is 0. The van der Waals surface area contributed by atoms with Crippen molar-refractivity contribution in [2.45, 2.75) is 4.90 Å². The molecule has 0 fully saturated rings. The number of aromatic nitrogens is 2. The first-order valence-corrected chi connectivity index (χ1v) is 12.4. The standard InChI is InChI=1S/C26H24N4O5S/c1-29(2)36(33,34)22-15-9-12-20(16-22)26(32)35-18-25(31)27-24-17-23(19-10-5-3-6-11-19)28-30(24)21-13-7-4-8-14-21/h3-17H,18H2,1-2H3,(H,27,31). The largest absolute Gasteiger partial charge is 0.452 e. The number of carbonyl (C=O) groups excluding carboxylic acids is 2. The van der Waals surface area contributed by atoms with Crippen molar-refractivity contribution in [3.05, 3.63) is 96.6 Å². The zero-order chi connectivity index (χ0) is 25.7. The number of hydrogen-bond acceptors (Lipinski definition) is 6. The van der Waals surface area contributed by atoms with Gasteiger partial charge in [0, 0.05) is 25.7 Å². The van der Waals surface area contributed by atoms with Gasteiger partial charge >= 0.3 is 5.97 Å². The van der Waals surface area contributed by atoms with E-state index < -0.39 is 28.5 Å². The van der Waals surface area contributed by atoms with Crippen LogP contribution in [0.3, 0.4) is 0 Å². The quantitative estimate of drug-likeness (QED) is 0.367. The van der Waals surface area contributed by atoms with Crippen LogP contribution in [0.1, 0.15) is 10.4 Å². The first-order valence-electron chi connectivity index (χ1n) is 11.0. The molecule has 3 aromatic carbocycles. The van der Waals surface area contributed by atoms with E-state index in [9.17, 15) is 18.0 Å². The molecule has 0 aliphatic carbocycles. The summed E-state index contributed by atoms with van der Waals surface area (Å²) in [6, 6.07) is 26.0. The van der Waals surface area contributed by atoms with E-state index in [-0.39, 0.29) is 10.5 Å². The van der Waals surface area contributed by atoms with Gasteiger partial charge in [-0.2, -0.15) is 5.10 Å². The highest BCUT2D eigenvalue weighted by Crippen LogP contribution is 2.24. The number of anilines is 1. The molecule has 36 heavy (non-hydrogen) atoms. The second-order valence-corrected chi connectivity index (χ2v) is 10.1. The minimum Gasteiger partial charge on any atom is -0.452 e. The van der Waals surface area contributed by atoms with Crippen LogP contribution < -0.4 is 5.32 Å². The predicted molar refractivity (Wildman–Crippen MR) is 135 cm³/mol. The molecule has 0 aliphatic rings. The number of rotatable bonds is 8. The Labute approximate surface area is 209 Å². The molecule has 4 rings (SSSR count). The Morgan fingerprint density at radius 3 is 2.25 bits per heavy atom. The van der Waals surface area contributed by atoms with Crippen molar-refractivity contribution < 1.29 is 22.7 Å². The number of para-hydroxylation sites is 1. The highest BCUT2D eigenvalue weighted by Gasteiger charge is 2.20. The second kappa shape index (κ2) is 10.5. The minimum absolute atomic E-state index is 0.0198. The van der Waals surface area contributed by atoms with Gasteiger partial charge in [-0.1, -0.05) is 54.6 Å². The first kappa shape index (κ1) is 24.8. The smallest absolute Gasteiger partial charge is 0.338 e. The lowest BCUT2D eigenvalue weighted by Gasteiger charge is -2.12. The molecule has 0 radical (unpaired) electrons. The van der Waals surface area contributed by atoms with Gasteiger partial charge in [0.25, 0.3) is 5.91 Å². The van der Waals surface area contributed by atoms with E-state index in [1.165, 1.54) is 38.4 Å². The van der Waals surface area contributed by atoms with Crippen molar-refractivity contribution in [3.8, 4) is 16.9 Å². The Bertz CT molecular complexity index is 1480. The number of esters is 1. The minimum atomic E-state index is -3.72. The van der Waals surface area contributed by atoms with Crippen molar-refractivity contribution >= 4 is 27.7 Å². The molecule has 0 saturated carbocycles. The van der Waals surface area contributed by atoms with Crippen molar-refractivity contribution in [3.63, 3.8) is 0 Å². The van der Waals surface area contributed by atoms with Gasteiger partial charge in [0.1, 0.15) is 5.82 Å². The molecule has 1 N–H and O–H groups in total. The number of nitrogens with one attached hydrogen (secondary N) is 1. The maximum absolute atomic E-state index is 12.7. The second-order valence-electron chi connectivity index (χ2n) is 7.97. The molecule has 0 unspecified atom stereocenters. The lowest BCUT2D eigenvalue weighted by molar-refractivity contribution is -0.119. The fourth-order valence-electron chi connectivity index (χ4n) is 3.37. The Kier molecular flexibility index (Phi) is 7.28. The highest BCUT2D eigenvalue weighted by atomic mass is 32.2. The maximum atomic E-state index is 12.7. The number of hydrogen-bond donors (Lipinski definition) is 1. The molecule has 0 saturated heterocycles. The topological polar surface area (TPSA) is 111 Å². The summed E-state index contributed by atoms with van der Waals surface area (Å²) in [5, 5.41) is 7.37. The van der Waals surface area contributed by atoms with Crippen LogP contribution in [0, 0.1) is 0 Å². The fraction of sp³-hybridized carbons (Fsp3) is 0.115. The molecule has 0 aliphatic heterocycles. The average Bonchev–Trinajstić information content (AvgIpc) is 3.32. The molecule has 10 heteroatoms. The predicted octanol–water partition coefficient (Wildman–Crippen LogP) is 3.59. The fourth-order valence-corrected chi connectivity index (χ4v) is 4.32. The zero-order valence-corrected chi connectivity index (χ0v) is 20.5. The van der Waals surface area contributed by atoms with Gasteiger partial charge in [0.15, 0.2) is 6.61 Å². The summed E-state index contributed by atoms with van der Waals surface area (Å²) in [5.41, 5.74) is 2.30. The molecular weight excluding hydrogens is 480 g/mol. The summed E-state index contributed by atoms with van der Waals surface area (Å²) < 4.78 is 32.4. The van der Waals surface area contributed by atoms with Crippen molar-refractivity contribution in [1.29, 1.82) is 0 Å². The number of sulfonamides is 1. The number of nitrogens with zero attached hydrogens (tertiary/aromatic N) is 3. The molecule has 9 nitrogen and oxygen atoms in total. The van der Waals surface area contributed by atoms with Crippen LogP contribution in [0.2, 0.25) is 0 Å². The van der Waals surface area contributed by atoms with Gasteiger partial charge in [-0.15, -0.1) is 0 Å². The van der Waals surface area contributed by atoms with Crippen molar-refractivity contribution in [2.24, 2.45) is 0 Å². The van der Waals surface area contributed by atoms with Crippen LogP contribution in [-0.4, -0.2) is 55.1 Å². The number of benzene rings is 3. The molecule has 184 valence electrons. The lowest BCUT2D eigenvalue weighted by atomic mass is 10.2. The molecule has 1 amide bonds. The summed E-state index contributed by atoms with van der Waals surface area (Å²) >= 11 is 0. The van der Waals surface area contributed by atoms with Gasteiger partial charge in [0.2, 0.25) is 10.0 Å². The molecule has 0 atom stereocenters. The van der Waals surface area contributed by atoms with Gasteiger partial charge in [-0.25, -0.2) is 22.2 Å². The molecule has 1 aromatic heterocycles. The van der Waals surface area contributed by atoms with Gasteiger partial charge in [-0.3, -0.25) is 4.79 Å². The maximum Gasteiger partial charge on any atom is 0.338 e. The van der Waals surface area contributed by atoms with Crippen LogP contribution in [0.4, 0.5) is 5.82 Å². The molecular formula is C26H24N4O5S. The van der Waals surface area contributed by atoms with E-state index >= 15 is 0 Å². The van der Waals surface area contributed by atoms with Crippen LogP contribution in [0.15, 0.2) is 95.9 Å². The van der Waals surface area contributed by atoms with E-state index in [4.69, 9.17) is 4.74 Å². The lowest BCUT2D eigenvalue weighted by Crippen LogP contribution is -2.23. The molecule has 0 spiro atoms. The van der Waals surface area contributed by atoms with E-state index in [0.29, 0.717) is 11.5 Å². The van der Waals surface area contributed by atoms with Crippen LogP contribution >= 0.6 is 0 Å². The Morgan fingerprint density at radius 2 is 1.58 bits per heavy atom. The van der Waals surface area contributed by atoms with Crippen molar-refractivity contribution in [2.75, 3.05) is 26.0 Å². The van der Waals surface area contributed by atoms with Gasteiger partial charge in [-0.05, 0) is 30.3 Å². The zero-order valence-electron chi connectivity index (χ0n) is 19.7. The van der Waals surface area contributed by atoms with E-state index in [2.05, 4.69) is 10.4 Å². The van der Waals surface area contributed by atoms with Crippen LogP contribution in [0.5, 0.6) is 0 Å². The third-order valence-electron chi connectivity index (χ3n) is 5.23. The number of amides is 1. The normalized spacial score (nSPS) is 11.3. The third kappa shape index (κ3) is 5.51. The third-order valence-corrected chi connectivity index (χ3v) is 7.04. The van der Waals surface area contributed by atoms with Gasteiger partial charge in [0.05, 0.1) is 21.8 Å². The Balaban J connectivity index is 1.49. The van der Waals surface area contributed by atoms with E-state index in [1.54, 1.807) is 10.7 Å². The van der Waals surface area contributed by atoms with Crippen molar-refractivity contribution in [1.82, 2.24) is 14.1 Å². The first-order chi connectivity index (χ1) is 17.3.